The number of nitrogens with two attached hydrogens (primary N) is 1. The van der Waals surface area contributed by atoms with Gasteiger partial charge in [-0.3, -0.25) is 0 Å². The maximum Gasteiger partial charge on any atom is 0.0457 e. The highest BCUT2D eigenvalue weighted by Crippen LogP contribution is 2.30. The van der Waals surface area contributed by atoms with E-state index in [1.165, 1.54) is 0 Å². The summed E-state index contributed by atoms with van der Waals surface area (Å²) in [5, 5.41) is 0.718. The molecule has 0 unspecified atom stereocenters. The maximum atomic E-state index is 6.14. The summed E-state index contributed by atoms with van der Waals surface area (Å²) < 4.78 is 1.06. The first-order valence-electron chi connectivity index (χ1n) is 4.96. The van der Waals surface area contributed by atoms with Gasteiger partial charge in [0.1, 0.15) is 0 Å². The van der Waals surface area contributed by atoms with Crippen LogP contribution in [-0.2, 0) is 6.54 Å². The Morgan fingerprint density at radius 1 is 1.12 bits per heavy atom. The Morgan fingerprint density at radius 3 is 2.50 bits per heavy atom. The van der Waals surface area contributed by atoms with Gasteiger partial charge in [-0.05, 0) is 28.8 Å². The standard InChI is InChI=1S/C13H11BrClN/c14-12-4-2-1-3-11(12)9-5-6-10(8-16)13(15)7-9/h1-7H,8,16H2. The van der Waals surface area contributed by atoms with E-state index in [4.69, 9.17) is 17.3 Å². The van der Waals surface area contributed by atoms with E-state index >= 15 is 0 Å². The average molecular weight is 297 g/mol. The lowest BCUT2D eigenvalue weighted by Gasteiger charge is -2.07. The van der Waals surface area contributed by atoms with Crippen LogP contribution in [0.1, 0.15) is 5.56 Å². The van der Waals surface area contributed by atoms with Gasteiger partial charge >= 0.3 is 0 Å². The van der Waals surface area contributed by atoms with Gasteiger partial charge in [0.15, 0.2) is 0 Å². The summed E-state index contributed by atoms with van der Waals surface area (Å²) in [4.78, 5) is 0. The van der Waals surface area contributed by atoms with Crippen LogP contribution in [0.15, 0.2) is 46.9 Å². The molecule has 0 aliphatic rings. The van der Waals surface area contributed by atoms with E-state index in [0.717, 1.165) is 26.2 Å². The lowest BCUT2D eigenvalue weighted by Crippen LogP contribution is -1.96. The molecule has 0 radical (unpaired) electrons. The van der Waals surface area contributed by atoms with Gasteiger partial charge in [-0.1, -0.05) is 57.9 Å². The van der Waals surface area contributed by atoms with Crippen LogP contribution in [0.25, 0.3) is 11.1 Å². The first-order valence-corrected chi connectivity index (χ1v) is 6.13. The van der Waals surface area contributed by atoms with Crippen LogP contribution in [0.5, 0.6) is 0 Å². The molecular weight excluding hydrogens is 286 g/mol. The highest BCUT2D eigenvalue weighted by Gasteiger charge is 2.05. The van der Waals surface area contributed by atoms with E-state index in [-0.39, 0.29) is 0 Å². The van der Waals surface area contributed by atoms with Crippen molar-refractivity contribution in [2.24, 2.45) is 5.73 Å². The van der Waals surface area contributed by atoms with Gasteiger partial charge < -0.3 is 5.73 Å². The van der Waals surface area contributed by atoms with Gasteiger partial charge in [-0.15, -0.1) is 0 Å². The first-order chi connectivity index (χ1) is 7.72. The van der Waals surface area contributed by atoms with Gasteiger partial charge in [-0.2, -0.15) is 0 Å². The molecular formula is C13H11BrClN. The third-order valence-electron chi connectivity index (χ3n) is 2.46. The monoisotopic (exact) mass is 295 g/mol. The largest absolute Gasteiger partial charge is 0.326 e. The second-order valence-corrected chi connectivity index (χ2v) is 4.75. The molecule has 2 rings (SSSR count). The fraction of sp³-hybridized carbons (Fsp3) is 0.0769. The molecule has 0 fully saturated rings. The summed E-state index contributed by atoms with van der Waals surface area (Å²) >= 11 is 9.66. The van der Waals surface area contributed by atoms with E-state index in [2.05, 4.69) is 22.0 Å². The van der Waals surface area contributed by atoms with Crippen molar-refractivity contribution in [1.29, 1.82) is 0 Å². The maximum absolute atomic E-state index is 6.14. The van der Waals surface area contributed by atoms with Crippen LogP contribution in [0.4, 0.5) is 0 Å². The first kappa shape index (κ1) is 11.6. The fourth-order valence-electron chi connectivity index (χ4n) is 1.58. The minimum absolute atomic E-state index is 0.467. The van der Waals surface area contributed by atoms with Crippen molar-refractivity contribution in [2.75, 3.05) is 0 Å². The van der Waals surface area contributed by atoms with Crippen molar-refractivity contribution in [3.63, 3.8) is 0 Å². The fourth-order valence-corrected chi connectivity index (χ4v) is 2.35. The molecule has 0 saturated carbocycles. The van der Waals surface area contributed by atoms with Crippen molar-refractivity contribution in [3.05, 3.63) is 57.5 Å². The van der Waals surface area contributed by atoms with Crippen LogP contribution in [0.2, 0.25) is 5.02 Å². The Kier molecular flexibility index (Phi) is 3.64. The molecule has 0 bridgehead atoms. The van der Waals surface area contributed by atoms with Crippen LogP contribution in [0.3, 0.4) is 0 Å². The molecule has 2 aromatic carbocycles. The third-order valence-corrected chi connectivity index (χ3v) is 3.50. The van der Waals surface area contributed by atoms with Crippen LogP contribution < -0.4 is 5.73 Å². The second kappa shape index (κ2) is 5.00. The number of hydrogen-bond donors (Lipinski definition) is 1. The van der Waals surface area contributed by atoms with E-state index in [1.54, 1.807) is 0 Å². The van der Waals surface area contributed by atoms with Gasteiger partial charge in [0.25, 0.3) is 0 Å². The predicted octanol–water partition coefficient (Wildman–Crippen LogP) is 4.23. The van der Waals surface area contributed by atoms with Crippen molar-refractivity contribution >= 4 is 27.5 Å². The molecule has 0 amide bonds. The molecule has 82 valence electrons. The van der Waals surface area contributed by atoms with E-state index < -0.39 is 0 Å². The molecule has 0 atom stereocenters. The summed E-state index contributed by atoms with van der Waals surface area (Å²) in [7, 11) is 0. The van der Waals surface area contributed by atoms with Crippen LogP contribution in [-0.4, -0.2) is 0 Å². The Bertz CT molecular complexity index is 511. The number of benzene rings is 2. The van der Waals surface area contributed by atoms with E-state index in [0.29, 0.717) is 6.54 Å². The Labute approximate surface area is 108 Å². The highest BCUT2D eigenvalue weighted by atomic mass is 79.9. The average Bonchev–Trinajstić information content (AvgIpc) is 2.29. The third kappa shape index (κ3) is 2.29. The minimum atomic E-state index is 0.467. The minimum Gasteiger partial charge on any atom is -0.326 e. The highest BCUT2D eigenvalue weighted by molar-refractivity contribution is 9.10. The summed E-state index contributed by atoms with van der Waals surface area (Å²) in [6.45, 7) is 0.467. The Balaban J connectivity index is 2.50. The van der Waals surface area contributed by atoms with Gasteiger partial charge in [0, 0.05) is 16.0 Å². The van der Waals surface area contributed by atoms with Crippen LogP contribution in [0, 0.1) is 0 Å². The molecule has 0 aliphatic carbocycles. The van der Waals surface area contributed by atoms with Gasteiger partial charge in [0.05, 0.1) is 0 Å². The van der Waals surface area contributed by atoms with E-state index in [1.807, 2.05) is 36.4 Å². The number of halogens is 2. The molecule has 2 aromatic rings. The number of hydrogen-bond acceptors (Lipinski definition) is 1. The zero-order valence-electron chi connectivity index (χ0n) is 8.58. The molecule has 0 spiro atoms. The van der Waals surface area contributed by atoms with Crippen molar-refractivity contribution in [1.82, 2.24) is 0 Å². The Hall–Kier alpha value is -0.830. The molecule has 3 heteroatoms. The predicted molar refractivity (Wildman–Crippen MR) is 72.5 cm³/mol. The lowest BCUT2D eigenvalue weighted by atomic mass is 10.0. The molecule has 0 aliphatic heterocycles. The molecule has 16 heavy (non-hydrogen) atoms. The Morgan fingerprint density at radius 2 is 1.88 bits per heavy atom. The quantitative estimate of drug-likeness (QED) is 0.882. The normalized spacial score (nSPS) is 10.4. The molecule has 1 nitrogen and oxygen atoms in total. The SMILES string of the molecule is NCc1ccc(-c2ccccc2Br)cc1Cl. The zero-order chi connectivity index (χ0) is 11.5. The van der Waals surface area contributed by atoms with Crippen LogP contribution >= 0.6 is 27.5 Å². The van der Waals surface area contributed by atoms with E-state index in [9.17, 15) is 0 Å². The van der Waals surface area contributed by atoms with Crippen molar-refractivity contribution in [2.45, 2.75) is 6.54 Å². The smallest absolute Gasteiger partial charge is 0.0457 e. The molecule has 0 heterocycles. The van der Waals surface area contributed by atoms with Gasteiger partial charge in [0.2, 0.25) is 0 Å². The van der Waals surface area contributed by atoms with Gasteiger partial charge in [-0.25, -0.2) is 0 Å². The summed E-state index contributed by atoms with van der Waals surface area (Å²) in [5.74, 6) is 0. The zero-order valence-corrected chi connectivity index (χ0v) is 10.9. The van der Waals surface area contributed by atoms with Crippen molar-refractivity contribution in [3.8, 4) is 11.1 Å². The molecule has 2 N–H and O–H groups in total. The summed E-state index contributed by atoms with van der Waals surface area (Å²) in [6, 6.07) is 14.0. The molecule has 0 saturated heterocycles. The number of rotatable bonds is 2. The lowest BCUT2D eigenvalue weighted by molar-refractivity contribution is 1.07. The molecule has 0 aromatic heterocycles. The van der Waals surface area contributed by atoms with Crippen molar-refractivity contribution < 1.29 is 0 Å². The topological polar surface area (TPSA) is 26.0 Å². The summed E-state index contributed by atoms with van der Waals surface area (Å²) in [5.41, 5.74) is 8.77. The second-order valence-electron chi connectivity index (χ2n) is 3.49. The summed E-state index contributed by atoms with van der Waals surface area (Å²) in [6.07, 6.45) is 0.